The molecule has 1 N–H and O–H groups in total. The van der Waals surface area contributed by atoms with Crippen molar-refractivity contribution in [1.29, 1.82) is 0 Å². The van der Waals surface area contributed by atoms with Gasteiger partial charge in [0.25, 0.3) is 0 Å². The topological polar surface area (TPSA) is 21.3 Å². The lowest BCUT2D eigenvalue weighted by Crippen LogP contribution is -2.37. The molecule has 96 valence electrons. The molecule has 1 aromatic rings. The molecular formula is C13H19BrClNO. The second-order valence-electron chi connectivity index (χ2n) is 4.42. The Balaban J connectivity index is 2.61. The summed E-state index contributed by atoms with van der Waals surface area (Å²) in [6, 6.07) is 6.24. The maximum atomic E-state index is 6.14. The fraction of sp³-hybridized carbons (Fsp3) is 0.538. The van der Waals surface area contributed by atoms with Crippen molar-refractivity contribution >= 4 is 27.5 Å². The number of ether oxygens (including phenoxy) is 1. The van der Waals surface area contributed by atoms with Crippen LogP contribution in [0.1, 0.15) is 19.4 Å². The Morgan fingerprint density at radius 1 is 1.41 bits per heavy atom. The van der Waals surface area contributed by atoms with Gasteiger partial charge in [0.2, 0.25) is 0 Å². The molecule has 17 heavy (non-hydrogen) atoms. The zero-order valence-electron chi connectivity index (χ0n) is 10.5. The molecule has 4 heteroatoms. The molecule has 0 radical (unpaired) electrons. The van der Waals surface area contributed by atoms with Crippen molar-refractivity contribution in [2.75, 3.05) is 13.7 Å². The van der Waals surface area contributed by atoms with Gasteiger partial charge in [0.15, 0.2) is 0 Å². The molecule has 0 saturated heterocycles. The van der Waals surface area contributed by atoms with Gasteiger partial charge in [-0.05, 0) is 29.7 Å². The molecule has 0 amide bonds. The highest BCUT2D eigenvalue weighted by Gasteiger charge is 2.13. The number of methoxy groups -OCH3 is 1. The Hall–Kier alpha value is -0.0900. The minimum atomic E-state index is 0.343. The molecule has 0 aromatic heterocycles. The fourth-order valence-corrected chi connectivity index (χ4v) is 2.18. The molecule has 1 unspecified atom stereocenters. The van der Waals surface area contributed by atoms with E-state index in [0.717, 1.165) is 21.6 Å². The normalized spacial score (nSPS) is 13.1. The molecule has 0 saturated carbocycles. The van der Waals surface area contributed by atoms with Crippen LogP contribution in [0.5, 0.6) is 0 Å². The van der Waals surface area contributed by atoms with E-state index in [4.69, 9.17) is 16.3 Å². The van der Waals surface area contributed by atoms with Crippen LogP contribution in [0.25, 0.3) is 0 Å². The molecule has 1 rings (SSSR count). The first-order valence-corrected chi connectivity index (χ1v) is 6.88. The maximum Gasteiger partial charge on any atom is 0.0618 e. The number of hydrogen-bond acceptors (Lipinski definition) is 2. The van der Waals surface area contributed by atoms with E-state index in [1.54, 1.807) is 7.11 Å². The Labute approximate surface area is 117 Å². The fourth-order valence-electron chi connectivity index (χ4n) is 1.59. The van der Waals surface area contributed by atoms with Gasteiger partial charge in [0.05, 0.1) is 6.61 Å². The number of nitrogens with one attached hydrogen (secondary N) is 1. The van der Waals surface area contributed by atoms with Crippen LogP contribution in [0.4, 0.5) is 0 Å². The first-order valence-electron chi connectivity index (χ1n) is 5.70. The van der Waals surface area contributed by atoms with E-state index in [9.17, 15) is 0 Å². The van der Waals surface area contributed by atoms with E-state index in [0.29, 0.717) is 18.6 Å². The molecule has 1 aromatic carbocycles. The minimum Gasteiger partial charge on any atom is -0.383 e. The van der Waals surface area contributed by atoms with Crippen molar-refractivity contribution in [2.24, 2.45) is 5.92 Å². The summed E-state index contributed by atoms with van der Waals surface area (Å²) in [4.78, 5) is 0. The van der Waals surface area contributed by atoms with Gasteiger partial charge in [0, 0.05) is 29.2 Å². The van der Waals surface area contributed by atoms with Gasteiger partial charge < -0.3 is 10.1 Å². The Kier molecular flexibility index (Phi) is 6.49. The molecule has 0 fully saturated rings. The number of benzene rings is 1. The molecule has 0 bridgehead atoms. The van der Waals surface area contributed by atoms with Crippen LogP contribution in [-0.4, -0.2) is 19.8 Å². The zero-order chi connectivity index (χ0) is 12.8. The molecule has 1 atom stereocenters. The predicted molar refractivity (Wildman–Crippen MR) is 76.5 cm³/mol. The zero-order valence-corrected chi connectivity index (χ0v) is 12.8. The van der Waals surface area contributed by atoms with Gasteiger partial charge >= 0.3 is 0 Å². The maximum absolute atomic E-state index is 6.14. The van der Waals surface area contributed by atoms with Crippen molar-refractivity contribution in [3.05, 3.63) is 33.3 Å². The predicted octanol–water partition coefficient (Wildman–Crippen LogP) is 3.86. The van der Waals surface area contributed by atoms with Crippen molar-refractivity contribution in [3.63, 3.8) is 0 Å². The Morgan fingerprint density at radius 2 is 2.12 bits per heavy atom. The van der Waals surface area contributed by atoms with Crippen molar-refractivity contribution < 1.29 is 4.74 Å². The summed E-state index contributed by atoms with van der Waals surface area (Å²) in [5, 5.41) is 4.27. The monoisotopic (exact) mass is 319 g/mol. The van der Waals surface area contributed by atoms with E-state index >= 15 is 0 Å². The molecule has 0 aliphatic carbocycles. The summed E-state index contributed by atoms with van der Waals surface area (Å²) in [6.07, 6.45) is 0. The van der Waals surface area contributed by atoms with Gasteiger partial charge in [0.1, 0.15) is 0 Å². The summed E-state index contributed by atoms with van der Waals surface area (Å²) in [5.74, 6) is 0.529. The third-order valence-corrected chi connectivity index (χ3v) is 3.58. The molecule has 0 aliphatic rings. The summed E-state index contributed by atoms with van der Waals surface area (Å²) in [5.41, 5.74) is 1.10. The van der Waals surface area contributed by atoms with E-state index in [2.05, 4.69) is 35.1 Å². The van der Waals surface area contributed by atoms with Crippen LogP contribution >= 0.6 is 27.5 Å². The third-order valence-electron chi connectivity index (χ3n) is 2.71. The van der Waals surface area contributed by atoms with Crippen molar-refractivity contribution in [2.45, 2.75) is 26.4 Å². The first kappa shape index (κ1) is 15.0. The average molecular weight is 321 g/mol. The number of halogens is 2. The van der Waals surface area contributed by atoms with Crippen LogP contribution in [-0.2, 0) is 11.3 Å². The summed E-state index contributed by atoms with van der Waals surface area (Å²) >= 11 is 9.60. The quantitative estimate of drug-likeness (QED) is 0.859. The highest BCUT2D eigenvalue weighted by molar-refractivity contribution is 9.10. The highest BCUT2D eigenvalue weighted by Crippen LogP contribution is 2.21. The summed E-state index contributed by atoms with van der Waals surface area (Å²) < 4.78 is 6.25. The molecule has 2 nitrogen and oxygen atoms in total. The van der Waals surface area contributed by atoms with E-state index in [-0.39, 0.29) is 0 Å². The van der Waals surface area contributed by atoms with Gasteiger partial charge in [-0.25, -0.2) is 0 Å². The van der Waals surface area contributed by atoms with Crippen LogP contribution in [0.3, 0.4) is 0 Å². The largest absolute Gasteiger partial charge is 0.383 e. The Bertz CT molecular complexity index is 357. The first-order chi connectivity index (χ1) is 8.04. The molecule has 0 spiro atoms. The molecule has 0 aliphatic heterocycles. The van der Waals surface area contributed by atoms with Gasteiger partial charge in [-0.3, -0.25) is 0 Å². The van der Waals surface area contributed by atoms with Gasteiger partial charge in [-0.2, -0.15) is 0 Å². The highest BCUT2D eigenvalue weighted by atomic mass is 79.9. The molecular weight excluding hydrogens is 302 g/mol. The summed E-state index contributed by atoms with van der Waals surface area (Å²) in [6.45, 7) is 5.83. The second kappa shape index (κ2) is 7.37. The SMILES string of the molecule is COCC(NCc1cc(Br)ccc1Cl)C(C)C. The van der Waals surface area contributed by atoms with Crippen LogP contribution < -0.4 is 5.32 Å². The van der Waals surface area contributed by atoms with E-state index in [1.165, 1.54) is 0 Å². The lowest BCUT2D eigenvalue weighted by molar-refractivity contribution is 0.146. The van der Waals surface area contributed by atoms with E-state index < -0.39 is 0 Å². The van der Waals surface area contributed by atoms with Crippen molar-refractivity contribution in [1.82, 2.24) is 5.32 Å². The minimum absolute atomic E-state index is 0.343. The smallest absolute Gasteiger partial charge is 0.0618 e. The van der Waals surface area contributed by atoms with Crippen LogP contribution in [0.15, 0.2) is 22.7 Å². The average Bonchev–Trinajstić information content (AvgIpc) is 2.28. The van der Waals surface area contributed by atoms with Crippen LogP contribution in [0.2, 0.25) is 5.02 Å². The summed E-state index contributed by atoms with van der Waals surface area (Å²) in [7, 11) is 1.73. The Morgan fingerprint density at radius 3 is 2.71 bits per heavy atom. The van der Waals surface area contributed by atoms with Gasteiger partial charge in [-0.1, -0.05) is 41.4 Å². The van der Waals surface area contributed by atoms with Crippen LogP contribution in [0, 0.1) is 5.92 Å². The van der Waals surface area contributed by atoms with E-state index in [1.807, 2.05) is 18.2 Å². The second-order valence-corrected chi connectivity index (χ2v) is 5.75. The third kappa shape index (κ3) is 4.96. The standard InChI is InChI=1S/C13H19BrClNO/c1-9(2)13(8-17-3)16-7-10-6-11(14)4-5-12(10)15/h4-6,9,13,16H,7-8H2,1-3H3. The van der Waals surface area contributed by atoms with Crippen molar-refractivity contribution in [3.8, 4) is 0 Å². The molecule has 0 heterocycles. The lowest BCUT2D eigenvalue weighted by atomic mass is 10.0. The number of rotatable bonds is 6. The van der Waals surface area contributed by atoms with Gasteiger partial charge in [-0.15, -0.1) is 0 Å². The number of hydrogen-bond donors (Lipinski definition) is 1. The lowest BCUT2D eigenvalue weighted by Gasteiger charge is -2.22.